The van der Waals surface area contributed by atoms with Crippen molar-refractivity contribution in [1.29, 1.82) is 0 Å². The molecule has 4 heteroatoms. The molecule has 0 bridgehead atoms. The minimum atomic E-state index is 0.0709. The van der Waals surface area contributed by atoms with Gasteiger partial charge >= 0.3 is 0 Å². The maximum Gasteiger partial charge on any atom is 0.224 e. The highest BCUT2D eigenvalue weighted by atomic mass is 16.2. The van der Waals surface area contributed by atoms with E-state index in [1.165, 1.54) is 5.57 Å². The van der Waals surface area contributed by atoms with Crippen LogP contribution in [0.15, 0.2) is 11.6 Å². The molecule has 1 N–H and O–H groups in total. The van der Waals surface area contributed by atoms with Gasteiger partial charge in [0.2, 0.25) is 11.8 Å². The van der Waals surface area contributed by atoms with E-state index < -0.39 is 0 Å². The van der Waals surface area contributed by atoms with Crippen molar-refractivity contribution in [1.82, 2.24) is 10.2 Å². The van der Waals surface area contributed by atoms with Gasteiger partial charge in [-0.05, 0) is 38.0 Å². The Labute approximate surface area is 128 Å². The molecule has 0 unspecified atom stereocenters. The number of carbonyl (C=O) groups excluding carboxylic acids is 2. The lowest BCUT2D eigenvalue weighted by molar-refractivity contribution is -0.130. The molecule has 118 valence electrons. The Morgan fingerprint density at radius 1 is 1.14 bits per heavy atom. The second kappa shape index (κ2) is 5.82. The molecule has 1 saturated heterocycles. The van der Waals surface area contributed by atoms with Gasteiger partial charge in [-0.2, -0.15) is 0 Å². The van der Waals surface area contributed by atoms with Crippen molar-refractivity contribution >= 4 is 11.8 Å². The van der Waals surface area contributed by atoms with Gasteiger partial charge in [0.25, 0.3) is 0 Å². The number of amides is 2. The fourth-order valence-corrected chi connectivity index (χ4v) is 3.48. The molecule has 2 atom stereocenters. The molecule has 21 heavy (non-hydrogen) atoms. The van der Waals surface area contributed by atoms with Crippen LogP contribution < -0.4 is 5.32 Å². The minimum absolute atomic E-state index is 0.0709. The minimum Gasteiger partial charge on any atom is -0.353 e. The van der Waals surface area contributed by atoms with E-state index in [-0.39, 0.29) is 29.2 Å². The Morgan fingerprint density at radius 2 is 1.71 bits per heavy atom. The van der Waals surface area contributed by atoms with Gasteiger partial charge in [-0.15, -0.1) is 0 Å². The lowest BCUT2D eigenvalue weighted by atomic mass is 10.0. The van der Waals surface area contributed by atoms with Crippen molar-refractivity contribution in [2.75, 3.05) is 13.1 Å². The van der Waals surface area contributed by atoms with Crippen LogP contribution in [-0.2, 0) is 9.59 Å². The number of nitrogens with zero attached hydrogens (tertiary/aromatic N) is 1. The molecule has 2 fully saturated rings. The summed E-state index contributed by atoms with van der Waals surface area (Å²) in [6, 6.07) is 0.219. The molecule has 1 saturated carbocycles. The first-order valence-electron chi connectivity index (χ1n) is 7.94. The van der Waals surface area contributed by atoms with E-state index in [4.69, 9.17) is 0 Å². The number of likely N-dealkylation sites (tertiary alicyclic amines) is 1. The molecule has 0 aromatic rings. The number of rotatable bonds is 3. The third kappa shape index (κ3) is 3.47. The lowest BCUT2D eigenvalue weighted by Gasteiger charge is -2.31. The zero-order chi connectivity index (χ0) is 15.8. The Morgan fingerprint density at radius 3 is 2.19 bits per heavy atom. The van der Waals surface area contributed by atoms with Crippen LogP contribution in [0.3, 0.4) is 0 Å². The molecule has 2 amide bonds. The Balaban J connectivity index is 1.86. The van der Waals surface area contributed by atoms with Crippen LogP contribution in [0.25, 0.3) is 0 Å². The molecule has 1 aliphatic carbocycles. The van der Waals surface area contributed by atoms with Crippen LogP contribution in [0, 0.1) is 17.3 Å². The van der Waals surface area contributed by atoms with Crippen LogP contribution in [0.5, 0.6) is 0 Å². The fourth-order valence-electron chi connectivity index (χ4n) is 3.48. The molecule has 2 aliphatic rings. The summed E-state index contributed by atoms with van der Waals surface area (Å²) < 4.78 is 0. The van der Waals surface area contributed by atoms with Crippen LogP contribution in [0.2, 0.25) is 0 Å². The lowest BCUT2D eigenvalue weighted by Crippen LogP contribution is -2.46. The van der Waals surface area contributed by atoms with Crippen molar-refractivity contribution in [3.05, 3.63) is 11.6 Å². The van der Waals surface area contributed by atoms with E-state index in [0.29, 0.717) is 5.92 Å². The predicted molar refractivity (Wildman–Crippen MR) is 83.6 cm³/mol. The van der Waals surface area contributed by atoms with Gasteiger partial charge in [-0.1, -0.05) is 25.5 Å². The standard InChI is InChI=1S/C17H28N2O2/c1-11(2)10-14-15(17(14,4)5)16(21)18-13-6-8-19(9-7-13)12(3)20/h10,13-15H,6-9H2,1-5H3,(H,18,21)/t14-,15-/m1/s1. The van der Waals surface area contributed by atoms with E-state index >= 15 is 0 Å². The molecule has 2 rings (SSSR count). The Kier molecular flexibility index (Phi) is 4.45. The SMILES string of the molecule is CC(=O)N1CCC(NC(=O)[C@H]2[C@@H](C=C(C)C)C2(C)C)CC1. The topological polar surface area (TPSA) is 49.4 Å². The number of allylic oxidation sites excluding steroid dienone is 2. The molecular weight excluding hydrogens is 264 g/mol. The molecule has 1 heterocycles. The second-order valence-electron chi connectivity index (χ2n) is 7.36. The fraction of sp³-hybridized carbons (Fsp3) is 0.765. The summed E-state index contributed by atoms with van der Waals surface area (Å²) in [4.78, 5) is 25.6. The number of hydrogen-bond acceptors (Lipinski definition) is 2. The Bertz CT molecular complexity index is 455. The largest absolute Gasteiger partial charge is 0.353 e. The summed E-state index contributed by atoms with van der Waals surface area (Å²) in [6.07, 6.45) is 3.96. The summed E-state index contributed by atoms with van der Waals surface area (Å²) in [5, 5.41) is 3.19. The summed E-state index contributed by atoms with van der Waals surface area (Å²) >= 11 is 0. The maximum atomic E-state index is 12.5. The van der Waals surface area contributed by atoms with Crippen molar-refractivity contribution in [3.63, 3.8) is 0 Å². The van der Waals surface area contributed by atoms with Crippen LogP contribution in [0.1, 0.15) is 47.5 Å². The van der Waals surface area contributed by atoms with Crippen LogP contribution >= 0.6 is 0 Å². The number of piperidine rings is 1. The van der Waals surface area contributed by atoms with Gasteiger partial charge in [0.1, 0.15) is 0 Å². The van der Waals surface area contributed by atoms with Crippen molar-refractivity contribution in [2.24, 2.45) is 17.3 Å². The first-order chi connectivity index (χ1) is 9.73. The summed E-state index contributed by atoms with van der Waals surface area (Å²) in [7, 11) is 0. The van der Waals surface area contributed by atoms with E-state index in [2.05, 4.69) is 39.1 Å². The molecule has 0 radical (unpaired) electrons. The van der Waals surface area contributed by atoms with Crippen molar-refractivity contribution < 1.29 is 9.59 Å². The van der Waals surface area contributed by atoms with E-state index in [1.54, 1.807) is 6.92 Å². The average Bonchev–Trinajstić information content (AvgIpc) is 2.90. The molecule has 4 nitrogen and oxygen atoms in total. The van der Waals surface area contributed by atoms with Crippen molar-refractivity contribution in [3.8, 4) is 0 Å². The van der Waals surface area contributed by atoms with Gasteiger partial charge in [-0.25, -0.2) is 0 Å². The van der Waals surface area contributed by atoms with E-state index in [0.717, 1.165) is 25.9 Å². The summed E-state index contributed by atoms with van der Waals surface area (Å²) in [5.41, 5.74) is 1.35. The van der Waals surface area contributed by atoms with Crippen molar-refractivity contribution in [2.45, 2.75) is 53.5 Å². The van der Waals surface area contributed by atoms with Gasteiger partial charge in [0.15, 0.2) is 0 Å². The van der Waals surface area contributed by atoms with Crippen LogP contribution in [-0.4, -0.2) is 35.8 Å². The summed E-state index contributed by atoms with van der Waals surface area (Å²) in [6.45, 7) is 11.6. The molecule has 0 spiro atoms. The Hall–Kier alpha value is -1.32. The molecule has 0 aromatic carbocycles. The zero-order valence-corrected chi connectivity index (χ0v) is 13.9. The third-order valence-corrected chi connectivity index (χ3v) is 4.99. The first-order valence-corrected chi connectivity index (χ1v) is 7.94. The average molecular weight is 292 g/mol. The van der Waals surface area contributed by atoms with E-state index in [9.17, 15) is 9.59 Å². The number of nitrogens with one attached hydrogen (secondary N) is 1. The first kappa shape index (κ1) is 16.1. The van der Waals surface area contributed by atoms with Crippen LogP contribution in [0.4, 0.5) is 0 Å². The van der Waals surface area contributed by atoms with Gasteiger partial charge in [0, 0.05) is 26.1 Å². The molecule has 1 aliphatic heterocycles. The van der Waals surface area contributed by atoms with Gasteiger partial charge in [0.05, 0.1) is 5.92 Å². The highest BCUT2D eigenvalue weighted by Crippen LogP contribution is 2.59. The van der Waals surface area contributed by atoms with Gasteiger partial charge in [-0.3, -0.25) is 9.59 Å². The highest BCUT2D eigenvalue weighted by Gasteiger charge is 2.60. The normalized spacial score (nSPS) is 28.0. The second-order valence-corrected chi connectivity index (χ2v) is 7.36. The van der Waals surface area contributed by atoms with E-state index in [1.807, 2.05) is 4.90 Å². The predicted octanol–water partition coefficient (Wildman–Crippen LogP) is 2.35. The van der Waals surface area contributed by atoms with Gasteiger partial charge < -0.3 is 10.2 Å². The monoisotopic (exact) mass is 292 g/mol. The quantitative estimate of drug-likeness (QED) is 0.812. The number of carbonyl (C=O) groups is 2. The maximum absolute atomic E-state index is 12.5. The third-order valence-electron chi connectivity index (χ3n) is 4.99. The molecule has 0 aromatic heterocycles. The highest BCUT2D eigenvalue weighted by molar-refractivity contribution is 5.84. The summed E-state index contributed by atoms with van der Waals surface area (Å²) in [5.74, 6) is 0.772. The number of hydrogen-bond donors (Lipinski definition) is 1. The smallest absolute Gasteiger partial charge is 0.224 e. The zero-order valence-electron chi connectivity index (χ0n) is 13.9. The molecular formula is C17H28N2O2.